The maximum absolute atomic E-state index is 16.8. The Morgan fingerprint density at radius 3 is 2.61 bits per heavy atom. The molecule has 0 amide bonds. The number of alkyl halides is 4. The molecule has 1 saturated carbocycles. The van der Waals surface area contributed by atoms with Crippen LogP contribution in [0.1, 0.15) is 44.2 Å². The lowest BCUT2D eigenvalue weighted by atomic mass is 9.96. The van der Waals surface area contributed by atoms with Gasteiger partial charge in [0.1, 0.15) is 41.0 Å². The summed E-state index contributed by atoms with van der Waals surface area (Å²) in [5.41, 5.74) is 0.962. The number of nitrogens with zero attached hydrogens (tertiary/aromatic N) is 5. The van der Waals surface area contributed by atoms with Crippen molar-refractivity contribution in [3.05, 3.63) is 28.8 Å². The molecule has 4 atom stereocenters. The zero-order chi connectivity index (χ0) is 34.8. The van der Waals surface area contributed by atoms with Crippen LogP contribution in [-0.4, -0.2) is 96.8 Å². The van der Waals surface area contributed by atoms with E-state index in [1.807, 2.05) is 11.8 Å². The number of rotatable bonds is 8. The predicted molar refractivity (Wildman–Crippen MR) is 169 cm³/mol. The number of nitrogens with one attached hydrogen (secondary N) is 1. The highest BCUT2D eigenvalue weighted by Crippen LogP contribution is 2.48. The Balaban J connectivity index is 1.35. The number of nitrogen functional groups attached to an aromatic ring is 1. The molecule has 49 heavy (non-hydrogen) atoms. The molecule has 3 aromatic rings. The van der Waals surface area contributed by atoms with Crippen molar-refractivity contribution >= 4 is 22.4 Å². The van der Waals surface area contributed by atoms with Gasteiger partial charge in [0, 0.05) is 49.7 Å². The molecule has 16 heteroatoms. The number of hydrogen-bond donors (Lipinski definition) is 2. The van der Waals surface area contributed by atoms with E-state index in [-0.39, 0.29) is 46.9 Å². The first kappa shape index (κ1) is 33.8. The topological polar surface area (TPSA) is 111 Å². The van der Waals surface area contributed by atoms with Gasteiger partial charge in [-0.15, -0.1) is 0 Å². The molecule has 2 aromatic heterocycles. The van der Waals surface area contributed by atoms with Crippen LogP contribution in [0.25, 0.3) is 22.2 Å². The molecule has 3 aliphatic heterocycles. The highest BCUT2D eigenvalue weighted by molar-refractivity contribution is 5.97. The first-order valence-electron chi connectivity index (χ1n) is 16.6. The minimum absolute atomic E-state index is 0.0763. The van der Waals surface area contributed by atoms with Crippen molar-refractivity contribution in [2.75, 3.05) is 63.2 Å². The van der Waals surface area contributed by atoms with Gasteiger partial charge in [0.15, 0.2) is 5.82 Å². The molecule has 2 saturated heterocycles. The number of halogens is 6. The Bertz CT molecular complexity index is 1760. The first-order chi connectivity index (χ1) is 23.3. The molecular weight excluding hydrogens is 656 g/mol. The Morgan fingerprint density at radius 1 is 1.14 bits per heavy atom. The van der Waals surface area contributed by atoms with Crippen LogP contribution in [0.5, 0.6) is 11.9 Å². The second-order valence-electron chi connectivity index (χ2n) is 13.7. The normalized spacial score (nSPS) is 25.1. The Labute approximate surface area is 279 Å². The van der Waals surface area contributed by atoms with Gasteiger partial charge in [0.25, 0.3) is 0 Å². The molecule has 0 unspecified atom stereocenters. The molecule has 0 spiro atoms. The van der Waals surface area contributed by atoms with Crippen molar-refractivity contribution in [3.8, 4) is 23.1 Å². The van der Waals surface area contributed by atoms with Crippen LogP contribution in [-0.2, 0) is 10.9 Å². The summed E-state index contributed by atoms with van der Waals surface area (Å²) in [6.45, 7) is 7.60. The van der Waals surface area contributed by atoms with Crippen molar-refractivity contribution in [2.24, 2.45) is 5.41 Å². The van der Waals surface area contributed by atoms with Crippen LogP contribution in [0.3, 0.4) is 0 Å². The van der Waals surface area contributed by atoms with E-state index < -0.39 is 64.8 Å². The van der Waals surface area contributed by atoms with Gasteiger partial charge in [-0.05, 0) is 44.7 Å². The molecule has 1 aromatic carbocycles. The van der Waals surface area contributed by atoms with E-state index in [0.717, 1.165) is 32.3 Å². The van der Waals surface area contributed by atoms with Gasteiger partial charge in [-0.25, -0.2) is 18.2 Å². The monoisotopic (exact) mass is 695 g/mol. The lowest BCUT2D eigenvalue weighted by molar-refractivity contribution is -0.137. The number of piperazine rings is 1. The lowest BCUT2D eigenvalue weighted by Gasteiger charge is -2.42. The van der Waals surface area contributed by atoms with Gasteiger partial charge in [-0.3, -0.25) is 4.90 Å². The molecular formula is C33H39F6N7O3. The van der Waals surface area contributed by atoms with Crippen LogP contribution in [0.15, 0.2) is 6.07 Å². The highest BCUT2D eigenvalue weighted by atomic mass is 19.4. The maximum Gasteiger partial charge on any atom is 0.417 e. The number of ether oxygens (including phenoxy) is 3. The SMILES string of the molecule is CC[C@@H]1CN2c3nc(OCC4(CN5CCO[C@@H](CF)C5)CC4)nc4c(F)c(-c5cc(N)c(F)c(C)c5C(F)(F)F)nc(c34)O[C@@H](C)[C@@H]2CN1. The number of aromatic nitrogens is 3. The molecule has 1 aliphatic carbocycles. The maximum atomic E-state index is 16.8. The van der Waals surface area contributed by atoms with E-state index in [0.29, 0.717) is 45.1 Å². The lowest BCUT2D eigenvalue weighted by Crippen LogP contribution is -2.60. The summed E-state index contributed by atoms with van der Waals surface area (Å²) in [5.74, 6) is -2.27. The van der Waals surface area contributed by atoms with Crippen molar-refractivity contribution in [1.82, 2.24) is 25.2 Å². The summed E-state index contributed by atoms with van der Waals surface area (Å²) in [6, 6.07) is 0.380. The molecule has 3 N–H and O–H groups in total. The van der Waals surface area contributed by atoms with Crippen LogP contribution in [0, 0.1) is 24.0 Å². The molecule has 3 fully saturated rings. The molecule has 0 radical (unpaired) electrons. The van der Waals surface area contributed by atoms with Crippen LogP contribution >= 0.6 is 0 Å². The standard InChI is InChI=1S/C33H39F6N7O3/c1-4-18-12-46-22(11-41-18)17(3)49-30-23-28(26(36)27(42-30)20-9-21(40)25(35)16(2)24(20)33(37,38)39)43-31(44-29(23)46)48-15-32(5-6-32)14-45-7-8-47-19(10-34)13-45/h9,17-19,22,41H,4-8,10-15,40H2,1-3H3/t17-,18+,19-,22-/m0/s1. The zero-order valence-electron chi connectivity index (χ0n) is 27.5. The van der Waals surface area contributed by atoms with Gasteiger partial charge in [-0.1, -0.05) is 6.92 Å². The van der Waals surface area contributed by atoms with E-state index in [1.54, 1.807) is 6.92 Å². The average Bonchev–Trinajstić information content (AvgIpc) is 3.86. The number of morpholine rings is 1. The first-order valence-corrected chi connectivity index (χ1v) is 16.6. The summed E-state index contributed by atoms with van der Waals surface area (Å²) in [6.07, 6.45) is -3.58. The van der Waals surface area contributed by atoms with Crippen LogP contribution < -0.4 is 25.4 Å². The minimum Gasteiger partial charge on any atom is -0.472 e. The van der Waals surface area contributed by atoms with E-state index in [2.05, 4.69) is 20.2 Å². The Morgan fingerprint density at radius 2 is 1.92 bits per heavy atom. The summed E-state index contributed by atoms with van der Waals surface area (Å²) in [4.78, 5) is 17.7. The van der Waals surface area contributed by atoms with Gasteiger partial charge >= 0.3 is 12.2 Å². The number of benzene rings is 1. The van der Waals surface area contributed by atoms with Gasteiger partial charge in [0.2, 0.25) is 5.88 Å². The molecule has 266 valence electrons. The second kappa shape index (κ2) is 12.6. The second-order valence-corrected chi connectivity index (χ2v) is 13.7. The molecule has 5 heterocycles. The van der Waals surface area contributed by atoms with Crippen molar-refractivity contribution in [3.63, 3.8) is 0 Å². The Hall–Kier alpha value is -3.63. The van der Waals surface area contributed by atoms with Gasteiger partial charge < -0.3 is 30.2 Å². The third-order valence-electron chi connectivity index (χ3n) is 10.2. The molecule has 4 aliphatic rings. The predicted octanol–water partition coefficient (Wildman–Crippen LogP) is 5.05. The van der Waals surface area contributed by atoms with Gasteiger partial charge in [-0.2, -0.15) is 23.1 Å². The summed E-state index contributed by atoms with van der Waals surface area (Å²) < 4.78 is 106. The highest BCUT2D eigenvalue weighted by Gasteiger charge is 2.46. The van der Waals surface area contributed by atoms with E-state index in [4.69, 9.17) is 24.9 Å². The van der Waals surface area contributed by atoms with Gasteiger partial charge in [0.05, 0.1) is 36.6 Å². The zero-order valence-corrected chi connectivity index (χ0v) is 27.5. The number of fused-ring (bicyclic) bond motifs is 2. The fourth-order valence-electron chi connectivity index (χ4n) is 7.27. The summed E-state index contributed by atoms with van der Waals surface area (Å²) >= 11 is 0. The van der Waals surface area contributed by atoms with Crippen molar-refractivity contribution in [1.29, 1.82) is 0 Å². The van der Waals surface area contributed by atoms with Crippen molar-refractivity contribution in [2.45, 2.75) is 70.5 Å². The van der Waals surface area contributed by atoms with E-state index in [9.17, 15) is 22.0 Å². The number of anilines is 2. The Kier molecular flexibility index (Phi) is 8.71. The minimum atomic E-state index is -5.06. The fourth-order valence-corrected chi connectivity index (χ4v) is 7.27. The number of hydrogen-bond acceptors (Lipinski definition) is 10. The summed E-state index contributed by atoms with van der Waals surface area (Å²) in [5, 5.41) is 3.59. The summed E-state index contributed by atoms with van der Waals surface area (Å²) in [7, 11) is 0. The van der Waals surface area contributed by atoms with E-state index >= 15 is 4.39 Å². The van der Waals surface area contributed by atoms with Crippen LogP contribution in [0.4, 0.5) is 37.8 Å². The number of nitrogens with two attached hydrogens (primary N) is 1. The number of pyridine rings is 1. The van der Waals surface area contributed by atoms with E-state index in [1.165, 1.54) is 0 Å². The fraction of sp³-hybridized carbons (Fsp3) is 0.606. The third-order valence-corrected chi connectivity index (χ3v) is 10.2. The van der Waals surface area contributed by atoms with Crippen molar-refractivity contribution < 1.29 is 40.6 Å². The third kappa shape index (κ3) is 6.20. The molecule has 10 nitrogen and oxygen atoms in total. The molecule has 7 rings (SSSR count). The smallest absolute Gasteiger partial charge is 0.417 e. The average molecular weight is 696 g/mol. The molecule has 0 bridgehead atoms. The van der Waals surface area contributed by atoms with Crippen LogP contribution in [0.2, 0.25) is 0 Å². The quantitative estimate of drug-likeness (QED) is 0.246. The largest absolute Gasteiger partial charge is 0.472 e.